The van der Waals surface area contributed by atoms with E-state index in [1.54, 1.807) is 31.2 Å². The number of urea groups is 1. The Bertz CT molecular complexity index is 868. The van der Waals surface area contributed by atoms with Crippen molar-refractivity contribution >= 4 is 29.2 Å². The summed E-state index contributed by atoms with van der Waals surface area (Å²) in [7, 11) is 0. The largest absolute Gasteiger partial charge is 0.381 e. The van der Waals surface area contributed by atoms with Gasteiger partial charge >= 0.3 is 11.9 Å². The molecule has 1 heterocycles. The highest BCUT2D eigenvalue weighted by atomic mass is 35.5. The lowest BCUT2D eigenvalue weighted by Gasteiger charge is -2.11. The number of carbonyl (C=O) groups excluding carboxylic acids is 1. The lowest BCUT2D eigenvalue weighted by Crippen LogP contribution is -2.42. The Morgan fingerprint density at radius 3 is 2.54 bits per heavy atom. The van der Waals surface area contributed by atoms with Crippen molar-refractivity contribution in [2.75, 3.05) is 10.6 Å². The zero-order valence-corrected chi connectivity index (χ0v) is 14.7. The Labute approximate surface area is 155 Å². The molecule has 2 amide bonds. The molecule has 0 aliphatic heterocycles. The predicted molar refractivity (Wildman–Crippen MR) is 96.9 cm³/mol. The van der Waals surface area contributed by atoms with Crippen molar-refractivity contribution in [1.82, 2.24) is 5.27 Å². The van der Waals surface area contributed by atoms with Gasteiger partial charge in [-0.05, 0) is 34.5 Å². The fourth-order valence-corrected chi connectivity index (χ4v) is 2.51. The molecular weight excluding hydrogens is 356 g/mol. The highest BCUT2D eigenvalue weighted by Crippen LogP contribution is 2.21. The van der Waals surface area contributed by atoms with Gasteiger partial charge in [-0.25, -0.2) is 4.79 Å². The number of hydrogen-bond acceptors (Lipinski definition) is 4. The third kappa shape index (κ3) is 4.38. The van der Waals surface area contributed by atoms with Gasteiger partial charge in [0.05, 0.1) is 0 Å². The van der Waals surface area contributed by atoms with E-state index in [-0.39, 0.29) is 11.9 Å². The van der Waals surface area contributed by atoms with Crippen LogP contribution in [0.4, 0.5) is 16.4 Å². The first kappa shape index (κ1) is 17.9. The fraction of sp³-hybridized carbons (Fsp3) is 0.167. The molecule has 7 nitrogen and oxygen atoms in total. The summed E-state index contributed by atoms with van der Waals surface area (Å²) in [5, 5.41) is 20.1. The van der Waals surface area contributed by atoms with Gasteiger partial charge in [-0.3, -0.25) is 9.84 Å². The number of benzene rings is 2. The summed E-state index contributed by atoms with van der Waals surface area (Å²) >= 11 is 5.81. The molecular formula is C18H18ClN4O3+. The van der Waals surface area contributed by atoms with E-state index in [1.165, 1.54) is 10.9 Å². The average Bonchev–Trinajstić information content (AvgIpc) is 3.11. The molecule has 0 radical (unpaired) electrons. The Balaban J connectivity index is 1.62. The maximum absolute atomic E-state index is 12.0. The third-order valence-corrected chi connectivity index (χ3v) is 4.09. The van der Waals surface area contributed by atoms with Crippen molar-refractivity contribution in [2.24, 2.45) is 0 Å². The highest BCUT2D eigenvalue weighted by molar-refractivity contribution is 6.30. The van der Waals surface area contributed by atoms with Crippen molar-refractivity contribution in [2.45, 2.75) is 19.1 Å². The maximum atomic E-state index is 12.0. The van der Waals surface area contributed by atoms with Crippen LogP contribution in [-0.4, -0.2) is 16.4 Å². The van der Waals surface area contributed by atoms with E-state index < -0.39 is 12.1 Å². The molecule has 0 saturated carbocycles. The molecule has 8 heteroatoms. The molecule has 0 aliphatic carbocycles. The van der Waals surface area contributed by atoms with E-state index in [0.29, 0.717) is 10.7 Å². The number of aliphatic hydroxyl groups excluding tert-OH is 1. The summed E-state index contributed by atoms with van der Waals surface area (Å²) in [6.45, 7) is 1.80. The number of nitrogens with zero attached hydrogens (tertiary/aromatic N) is 2. The average molecular weight is 374 g/mol. The van der Waals surface area contributed by atoms with Gasteiger partial charge in [0.15, 0.2) is 0 Å². The van der Waals surface area contributed by atoms with Crippen LogP contribution in [0.25, 0.3) is 0 Å². The first-order valence-electron chi connectivity index (χ1n) is 7.97. The standard InChI is InChI=1S/C18H17ClN4O3/c1-12(17(24)13-5-3-2-4-6-13)23-11-16(26-22-23)21-18(25)20-15-9-7-14(19)8-10-15/h2-12,17,24H,1H3,(H-,20,21,22,25)/p+1. The smallest absolute Gasteiger partial charge is 0.326 e. The molecule has 0 saturated heterocycles. The second-order valence-electron chi connectivity index (χ2n) is 5.73. The first-order chi connectivity index (χ1) is 12.5. The van der Waals surface area contributed by atoms with Crippen LogP contribution in [0, 0.1) is 0 Å². The molecule has 3 aromatic rings. The van der Waals surface area contributed by atoms with Gasteiger partial charge in [0.1, 0.15) is 6.10 Å². The molecule has 134 valence electrons. The van der Waals surface area contributed by atoms with Crippen LogP contribution in [0.2, 0.25) is 5.02 Å². The van der Waals surface area contributed by atoms with Crippen molar-refractivity contribution in [1.29, 1.82) is 0 Å². The van der Waals surface area contributed by atoms with Gasteiger partial charge in [0.25, 0.3) is 6.20 Å². The molecule has 2 atom stereocenters. The van der Waals surface area contributed by atoms with Gasteiger partial charge in [-0.1, -0.05) is 41.9 Å². The number of rotatable bonds is 5. The van der Waals surface area contributed by atoms with E-state index in [2.05, 4.69) is 15.9 Å². The summed E-state index contributed by atoms with van der Waals surface area (Å²) in [5.74, 6) is 0.156. The Morgan fingerprint density at radius 2 is 1.85 bits per heavy atom. The van der Waals surface area contributed by atoms with Crippen LogP contribution in [0.5, 0.6) is 0 Å². The number of carbonyl (C=O) groups is 1. The fourth-order valence-electron chi connectivity index (χ4n) is 2.39. The van der Waals surface area contributed by atoms with Gasteiger partial charge < -0.3 is 10.4 Å². The molecule has 26 heavy (non-hydrogen) atoms. The van der Waals surface area contributed by atoms with Crippen molar-refractivity contribution in [3.05, 3.63) is 71.4 Å². The number of nitrogens with one attached hydrogen (secondary N) is 2. The van der Waals surface area contributed by atoms with Crippen LogP contribution in [-0.2, 0) is 0 Å². The Hall–Kier alpha value is -2.90. The molecule has 2 unspecified atom stereocenters. The molecule has 3 N–H and O–H groups in total. The Kier molecular flexibility index (Phi) is 5.50. The third-order valence-electron chi connectivity index (χ3n) is 3.84. The van der Waals surface area contributed by atoms with Crippen molar-refractivity contribution < 1.29 is 19.1 Å². The lowest BCUT2D eigenvalue weighted by atomic mass is 10.0. The second-order valence-corrected chi connectivity index (χ2v) is 6.16. The van der Waals surface area contributed by atoms with E-state index in [0.717, 1.165) is 5.56 Å². The minimum absolute atomic E-state index is 0.156. The van der Waals surface area contributed by atoms with Crippen LogP contribution < -0.4 is 15.3 Å². The van der Waals surface area contributed by atoms with Crippen LogP contribution in [0.15, 0.2) is 65.3 Å². The number of anilines is 2. The quantitative estimate of drug-likeness (QED) is 0.596. The topological polar surface area (TPSA) is 91.3 Å². The van der Waals surface area contributed by atoms with Crippen LogP contribution in [0.3, 0.4) is 0 Å². The maximum Gasteiger partial charge on any atom is 0.326 e. The molecule has 0 bridgehead atoms. The number of amides is 2. The molecule has 1 aromatic heterocycles. The SMILES string of the molecule is CC(C(O)c1ccccc1)[n+]1cc(NC(=O)Nc2ccc(Cl)cc2)on1. The van der Waals surface area contributed by atoms with E-state index in [9.17, 15) is 9.90 Å². The van der Waals surface area contributed by atoms with Gasteiger partial charge in [-0.2, -0.15) is 0 Å². The zero-order chi connectivity index (χ0) is 18.5. The number of aliphatic hydroxyl groups is 1. The molecule has 0 spiro atoms. The predicted octanol–water partition coefficient (Wildman–Crippen LogP) is 3.55. The normalized spacial score (nSPS) is 13.0. The second kappa shape index (κ2) is 7.99. The molecule has 0 aliphatic rings. The summed E-state index contributed by atoms with van der Waals surface area (Å²) in [6.07, 6.45) is 0.750. The summed E-state index contributed by atoms with van der Waals surface area (Å²) in [6, 6.07) is 15.1. The van der Waals surface area contributed by atoms with Crippen molar-refractivity contribution in [3.8, 4) is 0 Å². The lowest BCUT2D eigenvalue weighted by molar-refractivity contribution is -0.789. The number of halogens is 1. The van der Waals surface area contributed by atoms with E-state index >= 15 is 0 Å². The van der Waals surface area contributed by atoms with Crippen molar-refractivity contribution in [3.63, 3.8) is 0 Å². The molecule has 2 aromatic carbocycles. The summed E-state index contributed by atoms with van der Waals surface area (Å²) in [5.41, 5.74) is 1.36. The summed E-state index contributed by atoms with van der Waals surface area (Å²) in [4.78, 5) is 12.0. The van der Waals surface area contributed by atoms with Crippen LogP contribution >= 0.6 is 11.6 Å². The van der Waals surface area contributed by atoms with E-state index in [1.807, 2.05) is 30.3 Å². The van der Waals surface area contributed by atoms with Gasteiger partial charge in [0, 0.05) is 17.6 Å². The first-order valence-corrected chi connectivity index (χ1v) is 8.35. The van der Waals surface area contributed by atoms with Gasteiger partial charge in [0.2, 0.25) is 11.3 Å². The molecule has 3 rings (SSSR count). The van der Waals surface area contributed by atoms with E-state index in [4.69, 9.17) is 16.1 Å². The molecule has 0 fully saturated rings. The number of hydrogen-bond donors (Lipinski definition) is 3. The zero-order valence-electron chi connectivity index (χ0n) is 14.0. The van der Waals surface area contributed by atoms with Gasteiger partial charge in [-0.15, -0.1) is 0 Å². The number of aromatic nitrogens is 2. The monoisotopic (exact) mass is 373 g/mol. The minimum atomic E-state index is -0.762. The minimum Gasteiger partial charge on any atom is -0.381 e. The Morgan fingerprint density at radius 1 is 1.15 bits per heavy atom. The van der Waals surface area contributed by atoms with Crippen LogP contribution in [0.1, 0.15) is 24.6 Å². The summed E-state index contributed by atoms with van der Waals surface area (Å²) < 4.78 is 6.56. The highest BCUT2D eigenvalue weighted by Gasteiger charge is 2.28.